The lowest BCUT2D eigenvalue weighted by molar-refractivity contribution is -0.394. The zero-order valence-electron chi connectivity index (χ0n) is 4.31. The van der Waals surface area contributed by atoms with E-state index in [1.54, 1.807) is 0 Å². The summed E-state index contributed by atoms with van der Waals surface area (Å²) in [5, 5.41) is 20.6. The van der Waals surface area contributed by atoms with Crippen LogP contribution in [0.4, 0.5) is 5.95 Å². The molecule has 0 bridgehead atoms. The van der Waals surface area contributed by atoms with E-state index in [1.165, 1.54) is 0 Å². The first-order valence-corrected chi connectivity index (χ1v) is 1.69. The summed E-state index contributed by atoms with van der Waals surface area (Å²) < 4.78 is 0. The lowest BCUT2D eigenvalue weighted by atomic mass is 11.1. The smallest absolute Gasteiger partial charge is 0.390 e. The summed E-state index contributed by atoms with van der Waals surface area (Å²) in [6.45, 7) is 0. The fraction of sp³-hybridized carbons (Fsp3) is 0. The van der Waals surface area contributed by atoms with Crippen LogP contribution in [-0.2, 0) is 0 Å². The fourth-order valence-corrected chi connectivity index (χ4v) is 0.232. The van der Waals surface area contributed by atoms with Crippen LogP contribution in [0.1, 0.15) is 0 Å². The molecule has 8 nitrogen and oxygen atoms in total. The summed E-state index contributed by atoms with van der Waals surface area (Å²) in [6.07, 6.45) is 0. The molecule has 0 atom stereocenters. The van der Waals surface area contributed by atoms with Crippen LogP contribution in [0.15, 0.2) is 0 Å². The van der Waals surface area contributed by atoms with E-state index in [0.717, 1.165) is 0 Å². The van der Waals surface area contributed by atoms with Gasteiger partial charge in [-0.2, -0.15) is 0 Å². The maximum absolute atomic E-state index is 9.69. The first kappa shape index (κ1) is 7.43. The molecule has 50 valence electrons. The van der Waals surface area contributed by atoms with Crippen molar-refractivity contribution in [2.24, 2.45) is 0 Å². The lowest BCUT2D eigenvalue weighted by Gasteiger charge is -1.81. The number of hydrogen-bond donors (Lipinski definition) is 2. The fourth-order valence-electron chi connectivity index (χ4n) is 0.232. The Kier molecular flexibility index (Phi) is 2.20. The quantitative estimate of drug-likeness (QED) is 0.382. The van der Waals surface area contributed by atoms with Gasteiger partial charge in [-0.3, -0.25) is 0 Å². The van der Waals surface area contributed by atoms with Gasteiger partial charge in [-0.15, -0.1) is 5.10 Å². The third kappa shape index (κ3) is 1.42. The van der Waals surface area contributed by atoms with Gasteiger partial charge in [-0.25, -0.2) is 0 Å². The normalized spacial score (nSPS) is 8.00. The van der Waals surface area contributed by atoms with Crippen molar-refractivity contribution in [3.63, 3.8) is 0 Å². The molecule has 1 rings (SSSR count). The first-order valence-electron chi connectivity index (χ1n) is 1.69. The number of nitrogens with one attached hydrogen (secondary N) is 1. The molecule has 0 saturated carbocycles. The van der Waals surface area contributed by atoms with Gasteiger partial charge >= 0.3 is 5.95 Å². The second-order valence-electron chi connectivity index (χ2n) is 0.982. The van der Waals surface area contributed by atoms with E-state index in [-0.39, 0.29) is 6.15 Å². The van der Waals surface area contributed by atoms with Crippen LogP contribution < -0.4 is 6.15 Å². The summed E-state index contributed by atoms with van der Waals surface area (Å²) in [7, 11) is 0. The van der Waals surface area contributed by atoms with Crippen molar-refractivity contribution in [2.75, 3.05) is 0 Å². The van der Waals surface area contributed by atoms with E-state index in [4.69, 9.17) is 0 Å². The lowest BCUT2D eigenvalue weighted by Crippen LogP contribution is -1.88. The van der Waals surface area contributed by atoms with E-state index in [1.807, 2.05) is 5.10 Å². The third-order valence-electron chi connectivity index (χ3n) is 0.507. The van der Waals surface area contributed by atoms with Crippen molar-refractivity contribution in [1.29, 1.82) is 0 Å². The van der Waals surface area contributed by atoms with Gasteiger partial charge in [-0.1, -0.05) is 0 Å². The van der Waals surface area contributed by atoms with Gasteiger partial charge in [0.2, 0.25) is 0 Å². The Labute approximate surface area is 49.0 Å². The van der Waals surface area contributed by atoms with Crippen LogP contribution in [0.3, 0.4) is 0 Å². The van der Waals surface area contributed by atoms with E-state index < -0.39 is 10.9 Å². The Bertz CT molecular complexity index is 179. The molecule has 4 N–H and O–H groups in total. The molecule has 0 radical (unpaired) electrons. The molecule has 0 aliphatic rings. The van der Waals surface area contributed by atoms with Crippen molar-refractivity contribution >= 4 is 5.95 Å². The van der Waals surface area contributed by atoms with Gasteiger partial charge in [0.25, 0.3) is 0 Å². The number of H-pyrrole nitrogens is 1. The molecule has 0 aliphatic carbocycles. The average Bonchev–Trinajstić information content (AvgIpc) is 2.12. The van der Waals surface area contributed by atoms with Crippen LogP contribution in [0.25, 0.3) is 0 Å². The topological polar surface area (TPSA) is 133 Å². The van der Waals surface area contributed by atoms with Gasteiger partial charge in [-0.05, 0) is 4.92 Å². The molecular weight excluding hydrogens is 128 g/mol. The SMILES string of the molecule is N.O=[N+]([O-])c1nnn[nH]1. The van der Waals surface area contributed by atoms with Gasteiger partial charge in [0.15, 0.2) is 0 Å². The average molecular weight is 132 g/mol. The highest BCUT2D eigenvalue weighted by Gasteiger charge is 2.05. The largest absolute Gasteiger partial charge is 0.477 e. The number of nitro groups is 1. The van der Waals surface area contributed by atoms with Crippen molar-refractivity contribution in [3.05, 3.63) is 10.1 Å². The number of rotatable bonds is 1. The molecule has 9 heavy (non-hydrogen) atoms. The highest BCUT2D eigenvalue weighted by atomic mass is 16.6. The Morgan fingerprint density at radius 1 is 1.67 bits per heavy atom. The number of aromatic amines is 1. The van der Waals surface area contributed by atoms with Crippen molar-refractivity contribution in [3.8, 4) is 0 Å². The number of aromatic nitrogens is 4. The molecule has 0 amide bonds. The van der Waals surface area contributed by atoms with Gasteiger partial charge in [0, 0.05) is 5.21 Å². The Morgan fingerprint density at radius 2 is 2.33 bits per heavy atom. The summed E-state index contributed by atoms with van der Waals surface area (Å²) in [4.78, 5) is 8.99. The Balaban J connectivity index is 0.000000640. The number of nitrogens with zero attached hydrogens (tertiary/aromatic N) is 4. The highest BCUT2D eigenvalue weighted by Crippen LogP contribution is 1.91. The van der Waals surface area contributed by atoms with Crippen LogP contribution in [0, 0.1) is 10.1 Å². The second kappa shape index (κ2) is 2.67. The molecule has 1 aromatic heterocycles. The predicted octanol–water partition coefficient (Wildman–Crippen LogP) is -0.730. The van der Waals surface area contributed by atoms with Gasteiger partial charge in [0.1, 0.15) is 0 Å². The van der Waals surface area contributed by atoms with Gasteiger partial charge in [0.05, 0.1) is 10.3 Å². The summed E-state index contributed by atoms with van der Waals surface area (Å²) >= 11 is 0. The Hall–Kier alpha value is -1.57. The van der Waals surface area contributed by atoms with E-state index in [9.17, 15) is 10.1 Å². The molecule has 8 heteroatoms. The number of hydrogen-bond acceptors (Lipinski definition) is 6. The van der Waals surface area contributed by atoms with E-state index in [0.29, 0.717) is 0 Å². The minimum atomic E-state index is -0.708. The van der Waals surface area contributed by atoms with Gasteiger partial charge < -0.3 is 16.3 Å². The third-order valence-corrected chi connectivity index (χ3v) is 0.507. The molecule has 0 fully saturated rings. The molecule has 1 heterocycles. The molecule has 0 aliphatic heterocycles. The summed E-state index contributed by atoms with van der Waals surface area (Å²) in [5.41, 5.74) is 0. The minimum absolute atomic E-state index is 0. The Morgan fingerprint density at radius 3 is 2.56 bits per heavy atom. The van der Waals surface area contributed by atoms with E-state index in [2.05, 4.69) is 15.5 Å². The summed E-state index contributed by atoms with van der Waals surface area (Å²) in [6, 6.07) is 0. The van der Waals surface area contributed by atoms with Crippen LogP contribution >= 0.6 is 0 Å². The zero-order valence-corrected chi connectivity index (χ0v) is 4.31. The van der Waals surface area contributed by atoms with Crippen molar-refractivity contribution in [1.82, 2.24) is 26.8 Å². The molecule has 0 saturated heterocycles. The van der Waals surface area contributed by atoms with Crippen LogP contribution in [0.5, 0.6) is 0 Å². The minimum Gasteiger partial charge on any atom is -0.390 e. The summed E-state index contributed by atoms with van der Waals surface area (Å²) in [5.74, 6) is -0.440. The molecule has 0 unspecified atom stereocenters. The highest BCUT2D eigenvalue weighted by molar-refractivity contribution is 4.91. The van der Waals surface area contributed by atoms with Crippen LogP contribution in [0.2, 0.25) is 0 Å². The van der Waals surface area contributed by atoms with Crippen molar-refractivity contribution in [2.45, 2.75) is 0 Å². The first-order chi connectivity index (χ1) is 3.80. The van der Waals surface area contributed by atoms with Crippen LogP contribution in [-0.4, -0.2) is 25.5 Å². The molecular formula is CH4N6O2. The molecule has 1 aromatic rings. The maximum atomic E-state index is 9.69. The molecule has 0 aromatic carbocycles. The maximum Gasteiger partial charge on any atom is 0.477 e. The standard InChI is InChI=1S/CHN5O2.H3N/c7-6(8)1-2-4-5-3-1;/h(H,2,3,4,5);1H3. The monoisotopic (exact) mass is 132 g/mol. The molecule has 0 spiro atoms. The second-order valence-corrected chi connectivity index (χ2v) is 0.982. The van der Waals surface area contributed by atoms with E-state index >= 15 is 0 Å². The predicted molar refractivity (Wildman–Crippen MR) is 25.9 cm³/mol. The number of tetrazole rings is 1. The van der Waals surface area contributed by atoms with Crippen molar-refractivity contribution < 1.29 is 4.92 Å². The zero-order chi connectivity index (χ0) is 5.98.